The number of aryl methyl sites for hydroxylation is 2. The number of hydrazine groups is 1. The summed E-state index contributed by atoms with van der Waals surface area (Å²) in [6, 6.07) is 0.360. The number of hydrogen-bond acceptors (Lipinski definition) is 3. The first-order chi connectivity index (χ1) is 8.15. The van der Waals surface area contributed by atoms with Crippen molar-refractivity contribution in [1.82, 2.24) is 15.2 Å². The van der Waals surface area contributed by atoms with Crippen LogP contribution in [0.3, 0.4) is 0 Å². The number of rotatable bonds is 6. The summed E-state index contributed by atoms with van der Waals surface area (Å²) in [6.45, 7) is 2.12. The van der Waals surface area contributed by atoms with E-state index in [0.717, 1.165) is 28.9 Å². The Hall–Kier alpha value is -0.390. The number of halogens is 1. The van der Waals surface area contributed by atoms with Crippen LogP contribution < -0.4 is 11.3 Å². The summed E-state index contributed by atoms with van der Waals surface area (Å²) in [5.41, 5.74) is 5.31. The molecule has 4 nitrogen and oxygen atoms in total. The summed E-state index contributed by atoms with van der Waals surface area (Å²) in [7, 11) is 2.00. The predicted molar refractivity (Wildman–Crippen MR) is 72.4 cm³/mol. The van der Waals surface area contributed by atoms with Crippen molar-refractivity contribution in [1.29, 1.82) is 0 Å². The van der Waals surface area contributed by atoms with Gasteiger partial charge in [0.2, 0.25) is 0 Å². The summed E-state index contributed by atoms with van der Waals surface area (Å²) < 4.78 is 3.12. The van der Waals surface area contributed by atoms with Gasteiger partial charge in [0, 0.05) is 19.5 Å². The molecule has 1 aliphatic carbocycles. The van der Waals surface area contributed by atoms with Crippen molar-refractivity contribution in [2.24, 2.45) is 18.8 Å². The maximum absolute atomic E-state index is 5.64. The van der Waals surface area contributed by atoms with Crippen LogP contribution in [0.5, 0.6) is 0 Å². The fourth-order valence-electron chi connectivity index (χ4n) is 2.24. The Morgan fingerprint density at radius 2 is 2.29 bits per heavy atom. The molecule has 1 aliphatic rings. The average Bonchev–Trinajstić information content (AvgIpc) is 3.09. The van der Waals surface area contributed by atoms with Gasteiger partial charge >= 0.3 is 0 Å². The van der Waals surface area contributed by atoms with Crippen molar-refractivity contribution < 1.29 is 0 Å². The smallest absolute Gasteiger partial charge is 0.0766 e. The Bertz CT molecular complexity index is 384. The fourth-order valence-corrected chi connectivity index (χ4v) is 3.02. The summed E-state index contributed by atoms with van der Waals surface area (Å²) in [4.78, 5) is 0. The second-order valence-corrected chi connectivity index (χ2v) is 5.72. The Balaban J connectivity index is 2.07. The van der Waals surface area contributed by atoms with Crippen molar-refractivity contribution in [2.75, 3.05) is 0 Å². The SMILES string of the molecule is CCc1nn(C)c(CC(CC2CC2)NN)c1Br. The zero-order valence-electron chi connectivity index (χ0n) is 10.5. The topological polar surface area (TPSA) is 55.9 Å². The fraction of sp³-hybridized carbons (Fsp3) is 0.750. The number of nitrogens with two attached hydrogens (primary N) is 1. The van der Waals surface area contributed by atoms with E-state index in [1.54, 1.807) is 0 Å². The zero-order chi connectivity index (χ0) is 12.4. The maximum atomic E-state index is 5.64. The molecule has 1 unspecified atom stereocenters. The molecule has 1 aromatic rings. The van der Waals surface area contributed by atoms with Crippen LogP contribution in [0.25, 0.3) is 0 Å². The van der Waals surface area contributed by atoms with Crippen LogP contribution in [0.4, 0.5) is 0 Å². The first kappa shape index (κ1) is 13.1. The quantitative estimate of drug-likeness (QED) is 0.623. The summed E-state index contributed by atoms with van der Waals surface area (Å²) in [5, 5.41) is 4.51. The average molecular weight is 301 g/mol. The zero-order valence-corrected chi connectivity index (χ0v) is 12.1. The van der Waals surface area contributed by atoms with E-state index in [4.69, 9.17) is 5.84 Å². The van der Waals surface area contributed by atoms with Crippen LogP contribution in [0.2, 0.25) is 0 Å². The highest BCUT2D eigenvalue weighted by Crippen LogP contribution is 2.34. The van der Waals surface area contributed by atoms with E-state index in [1.165, 1.54) is 25.0 Å². The van der Waals surface area contributed by atoms with Gasteiger partial charge in [-0.25, -0.2) is 0 Å². The molecular formula is C12H21BrN4. The van der Waals surface area contributed by atoms with Crippen molar-refractivity contribution in [3.05, 3.63) is 15.9 Å². The van der Waals surface area contributed by atoms with Gasteiger partial charge in [0.15, 0.2) is 0 Å². The molecular weight excluding hydrogens is 280 g/mol. The van der Waals surface area contributed by atoms with E-state index in [1.807, 2.05) is 11.7 Å². The molecule has 0 spiro atoms. The number of hydrogen-bond donors (Lipinski definition) is 2. The second kappa shape index (κ2) is 5.50. The van der Waals surface area contributed by atoms with E-state index in [9.17, 15) is 0 Å². The Morgan fingerprint density at radius 1 is 1.59 bits per heavy atom. The molecule has 96 valence electrons. The maximum Gasteiger partial charge on any atom is 0.0766 e. The van der Waals surface area contributed by atoms with Crippen molar-refractivity contribution >= 4 is 15.9 Å². The van der Waals surface area contributed by atoms with Crippen molar-refractivity contribution in [3.63, 3.8) is 0 Å². The Labute approximate surface area is 111 Å². The third-order valence-corrected chi connectivity index (χ3v) is 4.41. The highest BCUT2D eigenvalue weighted by molar-refractivity contribution is 9.10. The molecule has 1 fully saturated rings. The van der Waals surface area contributed by atoms with Crippen LogP contribution in [0.1, 0.15) is 37.6 Å². The Kier molecular flexibility index (Phi) is 4.22. The van der Waals surface area contributed by atoms with Crippen molar-refractivity contribution in [3.8, 4) is 0 Å². The number of nitrogens with one attached hydrogen (secondary N) is 1. The minimum absolute atomic E-state index is 0.360. The predicted octanol–water partition coefficient (Wildman–Crippen LogP) is 1.92. The van der Waals surface area contributed by atoms with E-state index in [-0.39, 0.29) is 0 Å². The third-order valence-electron chi connectivity index (χ3n) is 3.49. The van der Waals surface area contributed by atoms with Gasteiger partial charge in [0.25, 0.3) is 0 Å². The molecule has 1 atom stereocenters. The minimum Gasteiger partial charge on any atom is -0.271 e. The molecule has 1 aromatic heterocycles. The molecule has 0 bridgehead atoms. The number of aromatic nitrogens is 2. The lowest BCUT2D eigenvalue weighted by molar-refractivity contribution is 0.454. The van der Waals surface area contributed by atoms with Crippen LogP contribution in [-0.2, 0) is 19.9 Å². The summed E-state index contributed by atoms with van der Waals surface area (Å²) in [5.74, 6) is 6.52. The lowest BCUT2D eigenvalue weighted by Gasteiger charge is -2.15. The van der Waals surface area contributed by atoms with Gasteiger partial charge in [-0.2, -0.15) is 5.10 Å². The second-order valence-electron chi connectivity index (χ2n) is 4.93. The van der Waals surface area contributed by atoms with Crippen LogP contribution in [0, 0.1) is 5.92 Å². The summed E-state index contributed by atoms with van der Waals surface area (Å²) in [6.07, 6.45) is 5.81. The molecule has 1 saturated carbocycles. The monoisotopic (exact) mass is 300 g/mol. The molecule has 3 N–H and O–H groups in total. The third kappa shape index (κ3) is 3.09. The highest BCUT2D eigenvalue weighted by Gasteiger charge is 2.26. The molecule has 2 rings (SSSR count). The van der Waals surface area contributed by atoms with Crippen LogP contribution >= 0.6 is 15.9 Å². The molecule has 0 amide bonds. The summed E-state index contributed by atoms with van der Waals surface area (Å²) >= 11 is 3.65. The van der Waals surface area contributed by atoms with Gasteiger partial charge in [-0.05, 0) is 34.7 Å². The van der Waals surface area contributed by atoms with Gasteiger partial charge in [-0.15, -0.1) is 0 Å². The minimum atomic E-state index is 0.360. The molecule has 0 saturated heterocycles. The van der Waals surface area contributed by atoms with Gasteiger partial charge in [0.05, 0.1) is 15.9 Å². The normalized spacial score (nSPS) is 17.4. The van der Waals surface area contributed by atoms with Crippen LogP contribution in [0.15, 0.2) is 4.47 Å². The van der Waals surface area contributed by atoms with E-state index >= 15 is 0 Å². The van der Waals surface area contributed by atoms with Gasteiger partial charge in [0.1, 0.15) is 0 Å². The standard InChI is InChI=1S/C12H21BrN4/c1-3-10-12(13)11(17(2)16-10)7-9(15-14)6-8-4-5-8/h8-9,15H,3-7,14H2,1-2H3. The van der Waals surface area contributed by atoms with Gasteiger partial charge in [-0.1, -0.05) is 19.8 Å². The molecule has 0 radical (unpaired) electrons. The first-order valence-electron chi connectivity index (χ1n) is 6.32. The van der Waals surface area contributed by atoms with Gasteiger partial charge < -0.3 is 0 Å². The first-order valence-corrected chi connectivity index (χ1v) is 7.11. The Morgan fingerprint density at radius 3 is 2.76 bits per heavy atom. The van der Waals surface area contributed by atoms with Crippen LogP contribution in [-0.4, -0.2) is 15.8 Å². The highest BCUT2D eigenvalue weighted by atomic mass is 79.9. The molecule has 0 aromatic carbocycles. The number of nitrogens with zero attached hydrogens (tertiary/aromatic N) is 2. The van der Waals surface area contributed by atoms with E-state index in [0.29, 0.717) is 6.04 Å². The molecule has 17 heavy (non-hydrogen) atoms. The van der Waals surface area contributed by atoms with Gasteiger partial charge in [-0.3, -0.25) is 16.0 Å². The van der Waals surface area contributed by atoms with E-state index in [2.05, 4.69) is 33.4 Å². The largest absolute Gasteiger partial charge is 0.271 e. The lowest BCUT2D eigenvalue weighted by Crippen LogP contribution is -2.37. The van der Waals surface area contributed by atoms with E-state index < -0.39 is 0 Å². The lowest BCUT2D eigenvalue weighted by atomic mass is 10.1. The van der Waals surface area contributed by atoms with Crippen molar-refractivity contribution in [2.45, 2.75) is 45.1 Å². The molecule has 5 heteroatoms. The molecule has 0 aliphatic heterocycles. The molecule has 1 heterocycles.